The summed E-state index contributed by atoms with van der Waals surface area (Å²) < 4.78 is 7.39. The maximum absolute atomic E-state index is 13.4. The van der Waals surface area contributed by atoms with Gasteiger partial charge in [0.1, 0.15) is 5.54 Å². The van der Waals surface area contributed by atoms with Gasteiger partial charge in [-0.3, -0.25) is 14.6 Å². The Morgan fingerprint density at radius 1 is 1.13 bits per heavy atom. The van der Waals surface area contributed by atoms with Gasteiger partial charge in [0.05, 0.1) is 6.61 Å². The zero-order chi connectivity index (χ0) is 21.5. The molecule has 0 saturated carbocycles. The van der Waals surface area contributed by atoms with E-state index in [1.165, 1.54) is 21.4 Å². The molecule has 1 spiro atoms. The monoisotopic (exact) mass is 412 g/mol. The average molecular weight is 413 g/mol. The van der Waals surface area contributed by atoms with E-state index in [9.17, 15) is 9.59 Å². The lowest BCUT2D eigenvalue weighted by Crippen LogP contribution is -2.57. The molecule has 2 aromatic rings. The van der Waals surface area contributed by atoms with E-state index in [-0.39, 0.29) is 18.0 Å². The molecule has 1 aromatic heterocycles. The molecule has 0 atom stereocenters. The summed E-state index contributed by atoms with van der Waals surface area (Å²) in [4.78, 5) is 32.0. The molecule has 0 radical (unpaired) electrons. The largest absolute Gasteiger partial charge is 0.383 e. The Bertz CT molecular complexity index is 943. The maximum Gasteiger partial charge on any atom is 0.327 e. The van der Waals surface area contributed by atoms with E-state index in [0.29, 0.717) is 26.0 Å². The molecule has 3 heterocycles. The molecule has 3 amide bonds. The second-order valence-electron chi connectivity index (χ2n) is 8.79. The van der Waals surface area contributed by atoms with Gasteiger partial charge in [-0.25, -0.2) is 4.79 Å². The minimum Gasteiger partial charge on any atom is -0.383 e. The zero-order valence-electron chi connectivity index (χ0n) is 18.4. The number of fused-ring (bicyclic) bond motifs is 1. The lowest BCUT2D eigenvalue weighted by Gasteiger charge is -2.42. The van der Waals surface area contributed by atoms with Crippen LogP contribution >= 0.6 is 0 Å². The van der Waals surface area contributed by atoms with Crippen molar-refractivity contribution in [2.24, 2.45) is 7.05 Å². The fourth-order valence-corrected chi connectivity index (χ4v) is 5.04. The zero-order valence-corrected chi connectivity index (χ0v) is 18.4. The molecule has 7 nitrogen and oxygen atoms in total. The van der Waals surface area contributed by atoms with Crippen molar-refractivity contribution in [3.05, 3.63) is 36.0 Å². The maximum atomic E-state index is 13.4. The first-order chi connectivity index (χ1) is 14.4. The van der Waals surface area contributed by atoms with Crippen molar-refractivity contribution in [3.8, 4) is 0 Å². The van der Waals surface area contributed by atoms with E-state index >= 15 is 0 Å². The van der Waals surface area contributed by atoms with E-state index in [1.54, 1.807) is 12.0 Å². The molecule has 0 bridgehead atoms. The number of amides is 3. The smallest absolute Gasteiger partial charge is 0.327 e. The van der Waals surface area contributed by atoms with Crippen molar-refractivity contribution in [3.63, 3.8) is 0 Å². The number of ether oxygens (including phenoxy) is 1. The highest BCUT2D eigenvalue weighted by Crippen LogP contribution is 2.38. The lowest BCUT2D eigenvalue weighted by atomic mass is 9.85. The number of urea groups is 1. The Labute approximate surface area is 178 Å². The number of piperidine rings is 1. The van der Waals surface area contributed by atoms with Crippen molar-refractivity contribution < 1.29 is 14.3 Å². The predicted molar refractivity (Wildman–Crippen MR) is 116 cm³/mol. The topological polar surface area (TPSA) is 58.0 Å². The fraction of sp³-hybridized carbons (Fsp3) is 0.565. The van der Waals surface area contributed by atoms with Gasteiger partial charge in [0.2, 0.25) is 0 Å². The van der Waals surface area contributed by atoms with Crippen LogP contribution in [-0.4, -0.2) is 76.1 Å². The van der Waals surface area contributed by atoms with Gasteiger partial charge >= 0.3 is 6.03 Å². The molecule has 2 aliphatic rings. The Morgan fingerprint density at radius 2 is 1.83 bits per heavy atom. The Hall–Kier alpha value is -2.38. The van der Waals surface area contributed by atoms with Gasteiger partial charge in [0.15, 0.2) is 0 Å². The van der Waals surface area contributed by atoms with E-state index < -0.39 is 5.54 Å². The summed E-state index contributed by atoms with van der Waals surface area (Å²) >= 11 is 0. The van der Waals surface area contributed by atoms with Gasteiger partial charge in [-0.2, -0.15) is 0 Å². The van der Waals surface area contributed by atoms with E-state index in [0.717, 1.165) is 19.6 Å². The average Bonchev–Trinajstić information content (AvgIpc) is 3.14. The third-order valence-electron chi connectivity index (χ3n) is 6.66. The second-order valence-corrected chi connectivity index (χ2v) is 8.79. The van der Waals surface area contributed by atoms with Crippen molar-refractivity contribution in [2.45, 2.75) is 44.8 Å². The molecule has 0 aliphatic carbocycles. The van der Waals surface area contributed by atoms with Gasteiger partial charge in [0, 0.05) is 63.5 Å². The second kappa shape index (κ2) is 8.04. The van der Waals surface area contributed by atoms with Crippen LogP contribution in [0.15, 0.2) is 30.5 Å². The number of likely N-dealkylation sites (tertiary alicyclic amines) is 1. The molecule has 4 rings (SSSR count). The van der Waals surface area contributed by atoms with Gasteiger partial charge in [0.25, 0.3) is 5.91 Å². The molecular formula is C23H32N4O3. The number of nitrogens with zero attached hydrogens (tertiary/aromatic N) is 4. The highest BCUT2D eigenvalue weighted by Gasteiger charge is 2.58. The van der Waals surface area contributed by atoms with Crippen LogP contribution in [0.4, 0.5) is 4.79 Å². The lowest BCUT2D eigenvalue weighted by molar-refractivity contribution is -0.136. The van der Waals surface area contributed by atoms with Crippen LogP contribution in [0.1, 0.15) is 32.3 Å². The molecule has 2 fully saturated rings. The van der Waals surface area contributed by atoms with Gasteiger partial charge in [-0.1, -0.05) is 18.2 Å². The van der Waals surface area contributed by atoms with Crippen LogP contribution in [0, 0.1) is 0 Å². The van der Waals surface area contributed by atoms with Crippen LogP contribution in [0.3, 0.4) is 0 Å². The highest BCUT2D eigenvalue weighted by molar-refractivity contribution is 6.07. The Kier molecular flexibility index (Phi) is 5.59. The summed E-state index contributed by atoms with van der Waals surface area (Å²) in [6, 6.07) is 8.14. The highest BCUT2D eigenvalue weighted by atomic mass is 16.5. The van der Waals surface area contributed by atoms with Crippen molar-refractivity contribution in [2.75, 3.05) is 33.4 Å². The first kappa shape index (κ1) is 20.9. The molecule has 2 aliphatic heterocycles. The number of aryl methyl sites for hydroxylation is 1. The van der Waals surface area contributed by atoms with Crippen molar-refractivity contribution in [1.82, 2.24) is 19.3 Å². The van der Waals surface area contributed by atoms with Crippen LogP contribution in [-0.2, 0) is 23.1 Å². The number of carbonyl (C=O) groups excluding carboxylic acids is 2. The summed E-state index contributed by atoms with van der Waals surface area (Å²) in [5.41, 5.74) is 1.81. The van der Waals surface area contributed by atoms with Crippen LogP contribution < -0.4 is 0 Å². The molecule has 1 aromatic carbocycles. The van der Waals surface area contributed by atoms with E-state index in [2.05, 4.69) is 47.0 Å². The SMILES string of the molecule is COCCN1C(=O)N(C(C)C)C(=O)C12CCN(Cc1cn(C)c3ccccc13)CC2. The van der Waals surface area contributed by atoms with Crippen LogP contribution in [0.2, 0.25) is 0 Å². The number of benzene rings is 1. The Morgan fingerprint density at radius 3 is 2.50 bits per heavy atom. The quantitative estimate of drug-likeness (QED) is 0.685. The van der Waals surface area contributed by atoms with Crippen LogP contribution in [0.5, 0.6) is 0 Å². The van der Waals surface area contributed by atoms with Crippen molar-refractivity contribution >= 4 is 22.8 Å². The molecular weight excluding hydrogens is 380 g/mol. The summed E-state index contributed by atoms with van der Waals surface area (Å²) in [6.07, 6.45) is 3.52. The number of methoxy groups -OCH3 is 1. The summed E-state index contributed by atoms with van der Waals surface area (Å²) in [5, 5.41) is 1.28. The first-order valence-electron chi connectivity index (χ1n) is 10.8. The number of imide groups is 1. The summed E-state index contributed by atoms with van der Waals surface area (Å²) in [5.74, 6) is -0.0385. The number of para-hydroxylation sites is 1. The van der Waals surface area contributed by atoms with E-state index in [1.807, 2.05) is 13.8 Å². The fourth-order valence-electron chi connectivity index (χ4n) is 5.04. The molecule has 0 N–H and O–H groups in total. The molecule has 7 heteroatoms. The third-order valence-corrected chi connectivity index (χ3v) is 6.66. The standard InChI is InChI=1S/C23H32N4O3/c1-17(2)27-21(28)23(26(22(27)29)13-14-30-4)9-11-25(12-10-23)16-18-15-24(3)20-8-6-5-7-19(18)20/h5-8,15,17H,9-14,16H2,1-4H3. The normalized spacial score (nSPS) is 19.8. The number of hydrogen-bond donors (Lipinski definition) is 0. The number of hydrogen-bond acceptors (Lipinski definition) is 4. The minimum atomic E-state index is -0.727. The van der Waals surface area contributed by atoms with Gasteiger partial charge in [-0.15, -0.1) is 0 Å². The molecule has 0 unspecified atom stereocenters. The molecule has 162 valence electrons. The number of aromatic nitrogens is 1. The van der Waals surface area contributed by atoms with Gasteiger partial charge < -0.3 is 14.2 Å². The molecule has 30 heavy (non-hydrogen) atoms. The summed E-state index contributed by atoms with van der Waals surface area (Å²) in [6.45, 7) is 7.12. The Balaban J connectivity index is 1.52. The van der Waals surface area contributed by atoms with E-state index in [4.69, 9.17) is 4.74 Å². The molecule has 2 saturated heterocycles. The first-order valence-corrected chi connectivity index (χ1v) is 10.8. The van der Waals surface area contributed by atoms with Gasteiger partial charge in [-0.05, 0) is 38.3 Å². The minimum absolute atomic E-state index is 0.0385. The third kappa shape index (κ3) is 3.30. The summed E-state index contributed by atoms with van der Waals surface area (Å²) in [7, 11) is 3.70. The number of rotatable bonds is 6. The van der Waals surface area contributed by atoms with Crippen molar-refractivity contribution in [1.29, 1.82) is 0 Å². The van der Waals surface area contributed by atoms with Crippen LogP contribution in [0.25, 0.3) is 10.9 Å². The number of carbonyl (C=O) groups is 2. The predicted octanol–water partition coefficient (Wildman–Crippen LogP) is 2.83.